The van der Waals surface area contributed by atoms with Gasteiger partial charge in [-0.25, -0.2) is 8.42 Å². The average molecular weight is 319 g/mol. The molecule has 1 saturated heterocycles. The summed E-state index contributed by atoms with van der Waals surface area (Å²) in [6, 6.07) is -0.0573. The zero-order valence-electron chi connectivity index (χ0n) is 11.3. The lowest BCUT2D eigenvalue weighted by molar-refractivity contribution is -0.114. The van der Waals surface area contributed by atoms with Crippen molar-refractivity contribution in [1.29, 1.82) is 0 Å². The largest absolute Gasteiger partial charge is 0.318 e. The van der Waals surface area contributed by atoms with Crippen molar-refractivity contribution in [2.24, 2.45) is 0 Å². The highest BCUT2D eigenvalue weighted by atomic mass is 32.2. The van der Waals surface area contributed by atoms with Gasteiger partial charge in [-0.15, -0.1) is 10.2 Å². The third-order valence-electron chi connectivity index (χ3n) is 2.98. The number of hydrogen-bond donors (Lipinski definition) is 2. The maximum absolute atomic E-state index is 12.5. The highest BCUT2D eigenvalue weighted by Crippen LogP contribution is 2.28. The summed E-state index contributed by atoms with van der Waals surface area (Å²) in [4.78, 5) is 10.9. The van der Waals surface area contributed by atoms with Gasteiger partial charge in [0, 0.05) is 26.1 Å². The topological polar surface area (TPSA) is 104 Å². The van der Waals surface area contributed by atoms with Crippen molar-refractivity contribution in [3.8, 4) is 0 Å². The first-order valence-electron chi connectivity index (χ1n) is 6.22. The van der Waals surface area contributed by atoms with Gasteiger partial charge in [-0.3, -0.25) is 4.79 Å². The van der Waals surface area contributed by atoms with E-state index in [1.165, 1.54) is 11.2 Å². The van der Waals surface area contributed by atoms with Crippen molar-refractivity contribution in [3.63, 3.8) is 0 Å². The van der Waals surface area contributed by atoms with Gasteiger partial charge >= 0.3 is 0 Å². The Bertz CT molecular complexity index is 585. The van der Waals surface area contributed by atoms with Crippen LogP contribution in [0, 0.1) is 0 Å². The van der Waals surface area contributed by atoms with Crippen molar-refractivity contribution in [2.45, 2.75) is 30.1 Å². The lowest BCUT2D eigenvalue weighted by Gasteiger charge is -2.22. The van der Waals surface area contributed by atoms with E-state index in [-0.39, 0.29) is 21.4 Å². The van der Waals surface area contributed by atoms with E-state index in [0.717, 1.165) is 24.2 Å². The molecule has 0 spiro atoms. The van der Waals surface area contributed by atoms with Crippen LogP contribution in [0.25, 0.3) is 0 Å². The van der Waals surface area contributed by atoms with Crippen molar-refractivity contribution < 1.29 is 13.2 Å². The van der Waals surface area contributed by atoms with Gasteiger partial charge in [-0.05, 0) is 19.9 Å². The summed E-state index contributed by atoms with van der Waals surface area (Å²) in [5, 5.41) is 13.0. The Morgan fingerprint density at radius 3 is 2.90 bits per heavy atom. The quantitative estimate of drug-likeness (QED) is 0.733. The molecule has 0 bridgehead atoms. The summed E-state index contributed by atoms with van der Waals surface area (Å²) in [7, 11) is -1.84. The molecular formula is C10H17N5O3S2. The highest BCUT2D eigenvalue weighted by molar-refractivity contribution is 7.91. The van der Waals surface area contributed by atoms with Gasteiger partial charge in [0.1, 0.15) is 0 Å². The molecule has 1 amide bonds. The number of likely N-dealkylation sites (N-methyl/N-ethyl adjacent to an activating group) is 1. The van der Waals surface area contributed by atoms with Gasteiger partial charge in [0.15, 0.2) is 0 Å². The fraction of sp³-hybridized carbons (Fsp3) is 0.700. The minimum atomic E-state index is -3.64. The van der Waals surface area contributed by atoms with E-state index in [9.17, 15) is 13.2 Å². The van der Waals surface area contributed by atoms with E-state index in [2.05, 4.69) is 20.8 Å². The highest BCUT2D eigenvalue weighted by Gasteiger charge is 2.37. The summed E-state index contributed by atoms with van der Waals surface area (Å²) < 4.78 is 26.4. The molecule has 10 heteroatoms. The normalized spacial score (nSPS) is 20.2. The smallest absolute Gasteiger partial charge is 0.272 e. The molecule has 0 radical (unpaired) electrons. The van der Waals surface area contributed by atoms with Crippen LogP contribution in [0.1, 0.15) is 19.8 Å². The van der Waals surface area contributed by atoms with Gasteiger partial charge < -0.3 is 10.6 Å². The Balaban J connectivity index is 2.21. The molecule has 20 heavy (non-hydrogen) atoms. The molecule has 1 aliphatic heterocycles. The average Bonchev–Trinajstić information content (AvgIpc) is 2.98. The molecule has 0 saturated carbocycles. The lowest BCUT2D eigenvalue weighted by atomic mass is 10.2. The molecule has 8 nitrogen and oxygen atoms in total. The summed E-state index contributed by atoms with van der Waals surface area (Å²) in [6.45, 7) is 2.43. The molecule has 0 aromatic carbocycles. The van der Waals surface area contributed by atoms with Crippen LogP contribution >= 0.6 is 11.3 Å². The molecule has 1 fully saturated rings. The number of aromatic nitrogens is 2. The summed E-state index contributed by atoms with van der Waals surface area (Å²) in [6.07, 6.45) is 1.67. The maximum Gasteiger partial charge on any atom is 0.272 e. The van der Waals surface area contributed by atoms with E-state index >= 15 is 0 Å². The fourth-order valence-electron chi connectivity index (χ4n) is 2.18. The van der Waals surface area contributed by atoms with Crippen LogP contribution in [0.2, 0.25) is 0 Å². The zero-order valence-corrected chi connectivity index (χ0v) is 12.9. The predicted molar refractivity (Wildman–Crippen MR) is 75.1 cm³/mol. The van der Waals surface area contributed by atoms with E-state index in [1.807, 2.05) is 0 Å². The molecule has 1 unspecified atom stereocenters. The molecule has 1 aromatic heterocycles. The monoisotopic (exact) mass is 319 g/mol. The Morgan fingerprint density at radius 1 is 1.50 bits per heavy atom. The standard InChI is InChI=1S/C10H17N5O3S2/c1-7(16)12-9-13-14-10(19-9)20(17,18)15-5-3-4-8(15)6-11-2/h8,11H,3-6H2,1-2H3,(H,12,13,16). The second kappa shape index (κ2) is 6.12. The summed E-state index contributed by atoms with van der Waals surface area (Å²) >= 11 is 0.871. The lowest BCUT2D eigenvalue weighted by Crippen LogP contribution is -2.40. The number of rotatable bonds is 5. The van der Waals surface area contributed by atoms with Crippen molar-refractivity contribution in [3.05, 3.63) is 0 Å². The molecular weight excluding hydrogens is 302 g/mol. The number of nitrogens with zero attached hydrogens (tertiary/aromatic N) is 3. The number of nitrogens with one attached hydrogen (secondary N) is 2. The molecule has 2 heterocycles. The zero-order chi connectivity index (χ0) is 14.8. The number of sulfonamides is 1. The van der Waals surface area contributed by atoms with Gasteiger partial charge in [0.05, 0.1) is 0 Å². The van der Waals surface area contributed by atoms with Crippen molar-refractivity contribution in [2.75, 3.05) is 25.5 Å². The van der Waals surface area contributed by atoms with E-state index < -0.39 is 10.0 Å². The molecule has 1 aromatic rings. The van der Waals surface area contributed by atoms with Crippen LogP contribution in [0.15, 0.2) is 4.34 Å². The number of hydrogen-bond acceptors (Lipinski definition) is 7. The van der Waals surface area contributed by atoms with Gasteiger partial charge in [-0.2, -0.15) is 4.31 Å². The van der Waals surface area contributed by atoms with Crippen LogP contribution in [0.5, 0.6) is 0 Å². The first-order chi connectivity index (χ1) is 9.45. The molecule has 112 valence electrons. The SMILES string of the molecule is CNCC1CCCN1S(=O)(=O)c1nnc(NC(C)=O)s1. The van der Waals surface area contributed by atoms with E-state index in [0.29, 0.717) is 13.1 Å². The first-order valence-corrected chi connectivity index (χ1v) is 8.48. The Morgan fingerprint density at radius 2 is 2.25 bits per heavy atom. The Kier molecular flexibility index (Phi) is 4.68. The number of carbonyl (C=O) groups excluding carboxylic acids is 1. The molecule has 0 aliphatic carbocycles. The number of carbonyl (C=O) groups is 1. The van der Waals surface area contributed by atoms with E-state index in [4.69, 9.17) is 0 Å². The maximum atomic E-state index is 12.5. The first kappa shape index (κ1) is 15.3. The number of amides is 1. The summed E-state index contributed by atoms with van der Waals surface area (Å²) in [5.41, 5.74) is 0. The van der Waals surface area contributed by atoms with Gasteiger partial charge in [-0.1, -0.05) is 11.3 Å². The van der Waals surface area contributed by atoms with Crippen LogP contribution in [0.3, 0.4) is 0 Å². The van der Waals surface area contributed by atoms with Crippen molar-refractivity contribution >= 4 is 32.4 Å². The third kappa shape index (κ3) is 3.14. The molecule has 1 atom stereocenters. The predicted octanol–water partition coefficient (Wildman–Crippen LogP) is -0.131. The molecule has 2 rings (SSSR count). The second-order valence-electron chi connectivity index (χ2n) is 4.52. The fourth-order valence-corrected chi connectivity index (χ4v) is 4.94. The van der Waals surface area contributed by atoms with Crippen molar-refractivity contribution in [1.82, 2.24) is 19.8 Å². The summed E-state index contributed by atoms with van der Waals surface area (Å²) in [5.74, 6) is -0.306. The molecule has 1 aliphatic rings. The Hall–Kier alpha value is -1.10. The third-order valence-corrected chi connectivity index (χ3v) is 6.12. The van der Waals surface area contributed by atoms with Crippen LogP contribution < -0.4 is 10.6 Å². The minimum absolute atomic E-state index is 0.0573. The van der Waals surface area contributed by atoms with Crippen LogP contribution in [-0.4, -0.2) is 55.0 Å². The Labute approximate surface area is 121 Å². The van der Waals surface area contributed by atoms with Crippen LogP contribution in [-0.2, 0) is 14.8 Å². The van der Waals surface area contributed by atoms with Gasteiger partial charge in [0.2, 0.25) is 15.4 Å². The number of anilines is 1. The van der Waals surface area contributed by atoms with E-state index in [1.54, 1.807) is 7.05 Å². The van der Waals surface area contributed by atoms with Crippen LogP contribution in [0.4, 0.5) is 5.13 Å². The minimum Gasteiger partial charge on any atom is -0.318 e. The van der Waals surface area contributed by atoms with Gasteiger partial charge in [0.25, 0.3) is 10.0 Å². The molecule has 2 N–H and O–H groups in total. The second-order valence-corrected chi connectivity index (χ2v) is 7.57.